The molecule has 0 saturated carbocycles. The van der Waals surface area contributed by atoms with Crippen LogP contribution in [-0.2, 0) is 0 Å². The summed E-state index contributed by atoms with van der Waals surface area (Å²) < 4.78 is 0. The van der Waals surface area contributed by atoms with Gasteiger partial charge in [-0.05, 0) is 55.3 Å². The van der Waals surface area contributed by atoms with Gasteiger partial charge in [0, 0.05) is 49.2 Å². The van der Waals surface area contributed by atoms with Crippen molar-refractivity contribution in [1.82, 2.24) is 14.9 Å². The van der Waals surface area contributed by atoms with E-state index in [2.05, 4.69) is 14.9 Å². The lowest BCUT2D eigenvalue weighted by molar-refractivity contribution is 0.0747. The van der Waals surface area contributed by atoms with Gasteiger partial charge in [0.15, 0.2) is 0 Å². The first kappa shape index (κ1) is 18.9. The minimum atomic E-state index is -0.136. The molecule has 3 aromatic rings. The third kappa shape index (κ3) is 3.92. The summed E-state index contributed by atoms with van der Waals surface area (Å²) in [5.41, 5.74) is 4.77. The summed E-state index contributed by atoms with van der Waals surface area (Å²) in [7, 11) is 0. The van der Waals surface area contributed by atoms with Gasteiger partial charge in [0.1, 0.15) is 0 Å². The molecule has 4 rings (SSSR count). The maximum atomic E-state index is 13.0. The van der Waals surface area contributed by atoms with Crippen LogP contribution in [0, 0.1) is 13.8 Å². The number of pyridine rings is 2. The van der Waals surface area contributed by atoms with Gasteiger partial charge in [0.05, 0.1) is 11.9 Å². The highest BCUT2D eigenvalue weighted by atomic mass is 16.2. The van der Waals surface area contributed by atoms with Crippen molar-refractivity contribution < 1.29 is 4.79 Å². The summed E-state index contributed by atoms with van der Waals surface area (Å²) in [6, 6.07) is 13.2. The van der Waals surface area contributed by atoms with Crippen LogP contribution in [0.2, 0.25) is 0 Å². The van der Waals surface area contributed by atoms with Crippen LogP contribution in [0.4, 0.5) is 5.69 Å². The summed E-state index contributed by atoms with van der Waals surface area (Å²) in [6.45, 7) is 6.70. The van der Waals surface area contributed by atoms with Crippen LogP contribution in [-0.4, -0.2) is 47.0 Å². The van der Waals surface area contributed by atoms with E-state index in [1.165, 1.54) is 0 Å². The van der Waals surface area contributed by atoms with Crippen molar-refractivity contribution in [1.29, 1.82) is 0 Å². The van der Waals surface area contributed by atoms with Crippen molar-refractivity contribution in [3.8, 4) is 11.1 Å². The average molecular weight is 388 g/mol. The van der Waals surface area contributed by atoms with E-state index in [1.807, 2.05) is 67.4 Å². The normalized spacial score (nSPS) is 14.1. The van der Waals surface area contributed by atoms with E-state index >= 15 is 0 Å². The second-order valence-electron chi connectivity index (χ2n) is 7.39. The smallest absolute Gasteiger partial charge is 0.256 e. The fraction of sp³-hybridized carbons (Fsp3) is 0.261. The summed E-state index contributed by atoms with van der Waals surface area (Å²) in [6.07, 6.45) is 3.61. The molecular formula is C23H24N4O2. The number of benzene rings is 1. The first-order valence-electron chi connectivity index (χ1n) is 9.78. The highest BCUT2D eigenvalue weighted by Gasteiger charge is 2.22. The van der Waals surface area contributed by atoms with E-state index in [0.717, 1.165) is 35.6 Å². The standard InChI is InChI=1S/C23H24N4O2/c1-16-13-21(22(28)25-17(16)2)18-5-3-6-19(14-18)23(29)27-11-9-26(10-12-27)20-7-4-8-24-15-20/h3-8,13-15H,9-12H2,1-2H3,(H,25,28). The lowest BCUT2D eigenvalue weighted by atomic mass is 10.0. The fourth-order valence-electron chi connectivity index (χ4n) is 3.65. The van der Waals surface area contributed by atoms with Crippen molar-refractivity contribution in [2.45, 2.75) is 13.8 Å². The van der Waals surface area contributed by atoms with Gasteiger partial charge in [-0.15, -0.1) is 0 Å². The first-order chi connectivity index (χ1) is 14.0. The van der Waals surface area contributed by atoms with Crippen LogP contribution in [0.15, 0.2) is 59.7 Å². The molecule has 3 heterocycles. The lowest BCUT2D eigenvalue weighted by Gasteiger charge is -2.36. The number of nitrogens with one attached hydrogen (secondary N) is 1. The molecule has 0 bridgehead atoms. The number of aromatic amines is 1. The quantitative estimate of drug-likeness (QED) is 0.749. The molecule has 1 aliphatic rings. The number of hydrogen-bond acceptors (Lipinski definition) is 4. The zero-order valence-electron chi connectivity index (χ0n) is 16.7. The summed E-state index contributed by atoms with van der Waals surface area (Å²) in [5.74, 6) is -0.00190. The van der Waals surface area contributed by atoms with Crippen molar-refractivity contribution >= 4 is 11.6 Å². The molecule has 148 valence electrons. The SMILES string of the molecule is Cc1cc(-c2cccc(C(=O)N3CCN(c4cccnc4)CC3)c2)c(=O)[nH]c1C. The largest absolute Gasteiger partial charge is 0.367 e. The van der Waals surface area contributed by atoms with Crippen molar-refractivity contribution in [3.63, 3.8) is 0 Å². The Kier molecular flexibility index (Phi) is 5.16. The Morgan fingerprint density at radius 1 is 1.03 bits per heavy atom. The Balaban J connectivity index is 1.51. The molecule has 1 saturated heterocycles. The van der Waals surface area contributed by atoms with Gasteiger partial charge in [-0.25, -0.2) is 0 Å². The van der Waals surface area contributed by atoms with Crippen molar-refractivity contribution in [2.75, 3.05) is 31.1 Å². The number of rotatable bonds is 3. The number of H-pyrrole nitrogens is 1. The Morgan fingerprint density at radius 2 is 1.83 bits per heavy atom. The minimum Gasteiger partial charge on any atom is -0.367 e. The molecule has 0 unspecified atom stereocenters. The van der Waals surface area contributed by atoms with E-state index in [-0.39, 0.29) is 11.5 Å². The van der Waals surface area contributed by atoms with Crippen molar-refractivity contribution in [2.24, 2.45) is 0 Å². The molecule has 6 nitrogen and oxygen atoms in total. The molecule has 6 heteroatoms. The van der Waals surface area contributed by atoms with E-state index in [9.17, 15) is 9.59 Å². The van der Waals surface area contributed by atoms with Crippen molar-refractivity contribution in [3.05, 3.63) is 82.0 Å². The Hall–Kier alpha value is -3.41. The zero-order chi connectivity index (χ0) is 20.4. The van der Waals surface area contributed by atoms with E-state index in [0.29, 0.717) is 24.2 Å². The monoisotopic (exact) mass is 388 g/mol. The fourth-order valence-corrected chi connectivity index (χ4v) is 3.65. The van der Waals surface area contributed by atoms with Gasteiger partial charge in [-0.1, -0.05) is 12.1 Å². The molecule has 0 atom stereocenters. The molecule has 0 radical (unpaired) electrons. The predicted molar refractivity (Wildman–Crippen MR) is 114 cm³/mol. The second-order valence-corrected chi connectivity index (χ2v) is 7.39. The number of carbonyl (C=O) groups is 1. The molecular weight excluding hydrogens is 364 g/mol. The van der Waals surface area contributed by atoms with E-state index in [1.54, 1.807) is 6.20 Å². The Labute approximate surface area is 169 Å². The van der Waals surface area contributed by atoms with Crippen LogP contribution in [0.3, 0.4) is 0 Å². The van der Waals surface area contributed by atoms with Crippen LogP contribution >= 0.6 is 0 Å². The molecule has 1 N–H and O–H groups in total. The molecule has 1 aliphatic heterocycles. The maximum absolute atomic E-state index is 13.0. The zero-order valence-corrected chi connectivity index (χ0v) is 16.7. The average Bonchev–Trinajstić information content (AvgIpc) is 2.76. The maximum Gasteiger partial charge on any atom is 0.256 e. The second kappa shape index (κ2) is 7.91. The van der Waals surface area contributed by atoms with Gasteiger partial charge in [-0.2, -0.15) is 0 Å². The summed E-state index contributed by atoms with van der Waals surface area (Å²) in [5, 5.41) is 0. The van der Waals surface area contributed by atoms with Gasteiger partial charge in [0.25, 0.3) is 11.5 Å². The Bertz CT molecular complexity index is 1080. The molecule has 29 heavy (non-hydrogen) atoms. The number of aromatic nitrogens is 2. The summed E-state index contributed by atoms with van der Waals surface area (Å²) >= 11 is 0. The molecule has 1 aromatic carbocycles. The number of amides is 1. The number of piperazine rings is 1. The van der Waals surface area contributed by atoms with Crippen LogP contribution in [0.5, 0.6) is 0 Å². The minimum absolute atomic E-state index is 0.00190. The molecule has 0 spiro atoms. The Morgan fingerprint density at radius 3 is 2.55 bits per heavy atom. The van der Waals surface area contributed by atoms with Crippen LogP contribution < -0.4 is 10.5 Å². The van der Waals surface area contributed by atoms with Crippen LogP contribution in [0.1, 0.15) is 21.6 Å². The first-order valence-corrected chi connectivity index (χ1v) is 9.78. The number of carbonyl (C=O) groups excluding carboxylic acids is 1. The molecule has 2 aromatic heterocycles. The number of nitrogens with zero attached hydrogens (tertiary/aromatic N) is 3. The van der Waals surface area contributed by atoms with Gasteiger partial charge in [-0.3, -0.25) is 14.6 Å². The predicted octanol–water partition coefficient (Wildman–Crippen LogP) is 3.02. The third-order valence-corrected chi connectivity index (χ3v) is 5.50. The van der Waals surface area contributed by atoms with Gasteiger partial charge >= 0.3 is 0 Å². The number of aryl methyl sites for hydroxylation is 2. The van der Waals surface area contributed by atoms with Gasteiger partial charge in [0.2, 0.25) is 0 Å². The van der Waals surface area contributed by atoms with E-state index < -0.39 is 0 Å². The third-order valence-electron chi connectivity index (χ3n) is 5.50. The van der Waals surface area contributed by atoms with Gasteiger partial charge < -0.3 is 14.8 Å². The number of anilines is 1. The molecule has 1 amide bonds. The molecule has 0 aliphatic carbocycles. The lowest BCUT2D eigenvalue weighted by Crippen LogP contribution is -2.48. The topological polar surface area (TPSA) is 69.3 Å². The molecule has 1 fully saturated rings. The van der Waals surface area contributed by atoms with E-state index in [4.69, 9.17) is 0 Å². The summed E-state index contributed by atoms with van der Waals surface area (Å²) in [4.78, 5) is 36.6. The van der Waals surface area contributed by atoms with Crippen LogP contribution in [0.25, 0.3) is 11.1 Å². The number of hydrogen-bond donors (Lipinski definition) is 1. The highest BCUT2D eigenvalue weighted by Crippen LogP contribution is 2.21. The highest BCUT2D eigenvalue weighted by molar-refractivity contribution is 5.95.